The number of nitrogens with zero attached hydrogens (tertiary/aromatic N) is 1. The Kier molecular flexibility index (Phi) is 3.98. The molecule has 1 fully saturated rings. The third-order valence-electron chi connectivity index (χ3n) is 3.87. The van der Waals surface area contributed by atoms with E-state index in [9.17, 15) is 4.79 Å². The van der Waals surface area contributed by atoms with Crippen molar-refractivity contribution < 1.29 is 14.3 Å². The Balaban J connectivity index is 2.22. The Morgan fingerprint density at radius 3 is 2.53 bits per heavy atom. The fraction of sp³-hybridized carbons (Fsp3) is 0.533. The van der Waals surface area contributed by atoms with Crippen molar-refractivity contribution >= 4 is 5.91 Å². The van der Waals surface area contributed by atoms with E-state index in [2.05, 4.69) is 6.92 Å². The molecule has 0 aromatic heterocycles. The van der Waals surface area contributed by atoms with E-state index in [1.54, 1.807) is 32.4 Å². The van der Waals surface area contributed by atoms with Crippen LogP contribution < -0.4 is 9.47 Å². The highest BCUT2D eigenvalue weighted by Gasteiger charge is 2.33. The predicted octanol–water partition coefficient (Wildman–Crippen LogP) is 2.57. The Bertz CT molecular complexity index is 468. The summed E-state index contributed by atoms with van der Waals surface area (Å²) >= 11 is 0. The number of carbonyl (C=O) groups is 1. The Morgan fingerprint density at radius 1 is 1.32 bits per heavy atom. The van der Waals surface area contributed by atoms with Crippen molar-refractivity contribution in [3.63, 3.8) is 0 Å². The summed E-state index contributed by atoms with van der Waals surface area (Å²) in [5.41, 5.74) is 0.582. The largest absolute Gasteiger partial charge is 0.497 e. The molecule has 0 heterocycles. The van der Waals surface area contributed by atoms with Gasteiger partial charge in [-0.15, -0.1) is 0 Å². The van der Waals surface area contributed by atoms with E-state index in [-0.39, 0.29) is 11.9 Å². The highest BCUT2D eigenvalue weighted by molar-refractivity contribution is 5.97. The molecule has 0 spiro atoms. The minimum Gasteiger partial charge on any atom is -0.497 e. The second-order valence-electron chi connectivity index (χ2n) is 5.06. The first-order chi connectivity index (χ1) is 9.08. The highest BCUT2D eigenvalue weighted by Crippen LogP contribution is 2.35. The average Bonchev–Trinajstić information content (AvgIpc) is 3.28. The summed E-state index contributed by atoms with van der Waals surface area (Å²) in [6, 6.07) is 5.56. The normalized spacial score (nSPS) is 15.8. The van der Waals surface area contributed by atoms with Gasteiger partial charge < -0.3 is 14.4 Å². The van der Waals surface area contributed by atoms with Crippen LogP contribution in [-0.2, 0) is 0 Å². The topological polar surface area (TPSA) is 38.8 Å². The molecule has 1 atom stereocenters. The Hall–Kier alpha value is -1.71. The quantitative estimate of drug-likeness (QED) is 0.819. The summed E-state index contributed by atoms with van der Waals surface area (Å²) in [6.45, 7) is 2.10. The van der Waals surface area contributed by atoms with Gasteiger partial charge in [-0.3, -0.25) is 4.79 Å². The van der Waals surface area contributed by atoms with Crippen LogP contribution in [0.4, 0.5) is 0 Å². The number of amides is 1. The van der Waals surface area contributed by atoms with Crippen LogP contribution >= 0.6 is 0 Å². The van der Waals surface area contributed by atoms with Gasteiger partial charge in [0.25, 0.3) is 5.91 Å². The minimum absolute atomic E-state index is 0.00102. The molecule has 2 rings (SSSR count). The molecule has 0 bridgehead atoms. The van der Waals surface area contributed by atoms with Crippen LogP contribution in [0.15, 0.2) is 18.2 Å². The second kappa shape index (κ2) is 5.51. The average molecular weight is 263 g/mol. The zero-order valence-electron chi connectivity index (χ0n) is 12.0. The second-order valence-corrected chi connectivity index (χ2v) is 5.06. The number of ether oxygens (including phenoxy) is 2. The summed E-state index contributed by atoms with van der Waals surface area (Å²) in [7, 11) is 5.02. The fourth-order valence-electron chi connectivity index (χ4n) is 2.25. The van der Waals surface area contributed by atoms with E-state index in [0.29, 0.717) is 23.0 Å². The van der Waals surface area contributed by atoms with Crippen LogP contribution in [0.3, 0.4) is 0 Å². The van der Waals surface area contributed by atoms with Crippen molar-refractivity contribution in [1.82, 2.24) is 4.90 Å². The van der Waals surface area contributed by atoms with Gasteiger partial charge in [0.15, 0.2) is 0 Å². The Morgan fingerprint density at radius 2 is 2.00 bits per heavy atom. The molecule has 0 aliphatic heterocycles. The van der Waals surface area contributed by atoms with Crippen LogP contribution in [0.1, 0.15) is 30.1 Å². The molecule has 1 aromatic carbocycles. The monoisotopic (exact) mass is 263 g/mol. The molecule has 4 heteroatoms. The summed E-state index contributed by atoms with van der Waals surface area (Å²) < 4.78 is 10.4. The van der Waals surface area contributed by atoms with E-state index in [0.717, 1.165) is 0 Å². The molecular weight excluding hydrogens is 242 g/mol. The highest BCUT2D eigenvalue weighted by atomic mass is 16.5. The first-order valence-electron chi connectivity index (χ1n) is 6.57. The molecule has 1 aliphatic carbocycles. The molecular formula is C15H21NO3. The van der Waals surface area contributed by atoms with Crippen molar-refractivity contribution in [3.8, 4) is 11.5 Å². The lowest BCUT2D eigenvalue weighted by Crippen LogP contribution is -2.36. The maximum absolute atomic E-state index is 12.5. The third kappa shape index (κ3) is 2.83. The summed E-state index contributed by atoms with van der Waals surface area (Å²) in [5.74, 6) is 1.89. The zero-order chi connectivity index (χ0) is 14.0. The smallest absolute Gasteiger partial charge is 0.257 e. The molecule has 1 amide bonds. The number of rotatable bonds is 5. The number of carbonyl (C=O) groups excluding carboxylic acids is 1. The van der Waals surface area contributed by atoms with Gasteiger partial charge in [-0.25, -0.2) is 0 Å². The molecule has 0 radical (unpaired) electrons. The van der Waals surface area contributed by atoms with E-state index in [1.807, 2.05) is 11.9 Å². The fourth-order valence-corrected chi connectivity index (χ4v) is 2.25. The molecule has 1 saturated carbocycles. The van der Waals surface area contributed by atoms with Crippen LogP contribution in [-0.4, -0.2) is 38.1 Å². The number of hydrogen-bond donors (Lipinski definition) is 0. The zero-order valence-corrected chi connectivity index (χ0v) is 12.0. The molecule has 0 N–H and O–H groups in total. The van der Waals surface area contributed by atoms with Crippen LogP contribution in [0, 0.1) is 5.92 Å². The van der Waals surface area contributed by atoms with Gasteiger partial charge in [-0.2, -0.15) is 0 Å². The van der Waals surface area contributed by atoms with Crippen molar-refractivity contribution in [1.29, 1.82) is 0 Å². The van der Waals surface area contributed by atoms with Crippen LogP contribution in [0.2, 0.25) is 0 Å². The van der Waals surface area contributed by atoms with Crippen LogP contribution in [0.25, 0.3) is 0 Å². The van der Waals surface area contributed by atoms with Gasteiger partial charge in [0.1, 0.15) is 11.5 Å². The molecule has 1 unspecified atom stereocenters. The number of hydrogen-bond acceptors (Lipinski definition) is 3. The van der Waals surface area contributed by atoms with Crippen LogP contribution in [0.5, 0.6) is 11.5 Å². The van der Waals surface area contributed by atoms with Gasteiger partial charge >= 0.3 is 0 Å². The lowest BCUT2D eigenvalue weighted by molar-refractivity contribution is 0.0724. The van der Waals surface area contributed by atoms with Crippen molar-refractivity contribution in [3.05, 3.63) is 23.8 Å². The van der Waals surface area contributed by atoms with Crippen molar-refractivity contribution in [2.75, 3.05) is 21.3 Å². The number of methoxy groups -OCH3 is 2. The molecule has 1 aromatic rings. The first kappa shape index (κ1) is 13.7. The van der Waals surface area contributed by atoms with E-state index in [1.165, 1.54) is 12.8 Å². The van der Waals surface area contributed by atoms with Gasteiger partial charge in [0.2, 0.25) is 0 Å². The van der Waals surface area contributed by atoms with Gasteiger partial charge in [0.05, 0.1) is 19.8 Å². The number of benzene rings is 1. The molecule has 104 valence electrons. The molecule has 1 aliphatic rings. The first-order valence-corrected chi connectivity index (χ1v) is 6.57. The SMILES string of the molecule is COc1ccc(C(=O)N(C)C(C)C2CC2)c(OC)c1. The molecule has 19 heavy (non-hydrogen) atoms. The minimum atomic E-state index is -0.00102. The van der Waals surface area contributed by atoms with Crippen molar-refractivity contribution in [2.45, 2.75) is 25.8 Å². The third-order valence-corrected chi connectivity index (χ3v) is 3.87. The van der Waals surface area contributed by atoms with E-state index < -0.39 is 0 Å². The maximum atomic E-state index is 12.5. The van der Waals surface area contributed by atoms with Crippen molar-refractivity contribution in [2.24, 2.45) is 5.92 Å². The summed E-state index contributed by atoms with van der Waals surface area (Å²) in [6.07, 6.45) is 2.44. The molecule has 4 nitrogen and oxygen atoms in total. The molecule has 0 saturated heterocycles. The summed E-state index contributed by atoms with van der Waals surface area (Å²) in [4.78, 5) is 14.3. The lowest BCUT2D eigenvalue weighted by Gasteiger charge is -2.25. The summed E-state index contributed by atoms with van der Waals surface area (Å²) in [5, 5.41) is 0. The van der Waals surface area contributed by atoms with E-state index in [4.69, 9.17) is 9.47 Å². The van der Waals surface area contributed by atoms with Gasteiger partial charge in [0, 0.05) is 19.2 Å². The lowest BCUT2D eigenvalue weighted by atomic mass is 10.1. The van der Waals surface area contributed by atoms with Gasteiger partial charge in [-0.05, 0) is 37.8 Å². The Labute approximate surface area is 114 Å². The van der Waals surface area contributed by atoms with Gasteiger partial charge in [-0.1, -0.05) is 0 Å². The standard InChI is InChI=1S/C15H21NO3/c1-10(11-5-6-11)16(2)15(17)13-8-7-12(18-3)9-14(13)19-4/h7-11H,5-6H2,1-4H3. The van der Waals surface area contributed by atoms with E-state index >= 15 is 0 Å². The maximum Gasteiger partial charge on any atom is 0.257 e. The predicted molar refractivity (Wildman–Crippen MR) is 73.8 cm³/mol.